The summed E-state index contributed by atoms with van der Waals surface area (Å²) >= 11 is 0. The first-order valence-corrected chi connectivity index (χ1v) is 3.88. The SMILES string of the molecule is CC(F)C(C)OC(C)C(C)F. The minimum Gasteiger partial charge on any atom is -0.370 e. The van der Waals surface area contributed by atoms with Gasteiger partial charge in [-0.05, 0) is 27.7 Å². The minimum atomic E-state index is -1.05. The summed E-state index contributed by atoms with van der Waals surface area (Å²) in [6.45, 7) is 6.01. The topological polar surface area (TPSA) is 9.23 Å². The smallest absolute Gasteiger partial charge is 0.123 e. The first kappa shape index (κ1) is 10.8. The Morgan fingerprint density at radius 3 is 1.27 bits per heavy atom. The summed E-state index contributed by atoms with van der Waals surface area (Å²) in [6, 6.07) is 0. The van der Waals surface area contributed by atoms with Crippen molar-refractivity contribution in [3.05, 3.63) is 0 Å². The lowest BCUT2D eigenvalue weighted by Gasteiger charge is -2.20. The molecule has 0 saturated heterocycles. The molecule has 0 aromatic carbocycles. The highest BCUT2D eigenvalue weighted by Crippen LogP contribution is 2.09. The number of ether oxygens (including phenoxy) is 1. The largest absolute Gasteiger partial charge is 0.370 e. The van der Waals surface area contributed by atoms with Gasteiger partial charge in [-0.15, -0.1) is 0 Å². The van der Waals surface area contributed by atoms with E-state index < -0.39 is 24.6 Å². The lowest BCUT2D eigenvalue weighted by Crippen LogP contribution is -2.29. The average molecular weight is 166 g/mol. The second kappa shape index (κ2) is 4.65. The summed E-state index contributed by atoms with van der Waals surface area (Å²) in [5.74, 6) is 0. The van der Waals surface area contributed by atoms with Crippen LogP contribution in [-0.4, -0.2) is 24.6 Å². The molecule has 0 N–H and O–H groups in total. The molecule has 3 heteroatoms. The Hall–Kier alpha value is -0.180. The molecule has 0 aromatic heterocycles. The van der Waals surface area contributed by atoms with Gasteiger partial charge in [0.25, 0.3) is 0 Å². The third-order valence-corrected chi connectivity index (χ3v) is 1.72. The van der Waals surface area contributed by atoms with Crippen LogP contribution in [0.25, 0.3) is 0 Å². The molecule has 4 unspecified atom stereocenters. The van der Waals surface area contributed by atoms with E-state index in [1.807, 2.05) is 0 Å². The molecule has 0 spiro atoms. The Bertz CT molecular complexity index is 92.3. The number of alkyl halides is 2. The highest BCUT2D eigenvalue weighted by atomic mass is 19.1. The van der Waals surface area contributed by atoms with Crippen LogP contribution in [0.2, 0.25) is 0 Å². The summed E-state index contributed by atoms with van der Waals surface area (Å²) in [5.41, 5.74) is 0. The van der Waals surface area contributed by atoms with Gasteiger partial charge in [-0.25, -0.2) is 8.78 Å². The van der Waals surface area contributed by atoms with Crippen LogP contribution < -0.4 is 0 Å². The molecule has 0 amide bonds. The maximum Gasteiger partial charge on any atom is 0.123 e. The highest BCUT2D eigenvalue weighted by molar-refractivity contribution is 4.64. The molecule has 11 heavy (non-hydrogen) atoms. The molecular weight excluding hydrogens is 150 g/mol. The quantitative estimate of drug-likeness (QED) is 0.623. The normalized spacial score (nSPS) is 22.4. The minimum absolute atomic E-state index is 0.525. The molecule has 0 radical (unpaired) electrons. The predicted molar refractivity (Wildman–Crippen MR) is 41.1 cm³/mol. The van der Waals surface area contributed by atoms with Gasteiger partial charge in [0.1, 0.15) is 12.3 Å². The van der Waals surface area contributed by atoms with Crippen molar-refractivity contribution in [1.29, 1.82) is 0 Å². The second-order valence-electron chi connectivity index (χ2n) is 2.90. The molecule has 0 bridgehead atoms. The van der Waals surface area contributed by atoms with Crippen LogP contribution in [0.3, 0.4) is 0 Å². The van der Waals surface area contributed by atoms with Gasteiger partial charge >= 0.3 is 0 Å². The van der Waals surface area contributed by atoms with Gasteiger partial charge < -0.3 is 4.74 Å². The monoisotopic (exact) mass is 166 g/mol. The van der Waals surface area contributed by atoms with Crippen LogP contribution in [0, 0.1) is 0 Å². The molecule has 0 aliphatic rings. The van der Waals surface area contributed by atoms with Gasteiger partial charge in [-0.1, -0.05) is 0 Å². The molecule has 0 aliphatic carbocycles. The van der Waals surface area contributed by atoms with Crippen molar-refractivity contribution in [3.63, 3.8) is 0 Å². The van der Waals surface area contributed by atoms with E-state index in [4.69, 9.17) is 4.74 Å². The molecule has 1 nitrogen and oxygen atoms in total. The maximum atomic E-state index is 12.5. The molecular formula is C8H16F2O. The van der Waals surface area contributed by atoms with Crippen LogP contribution in [0.15, 0.2) is 0 Å². The Labute approximate surface area is 66.7 Å². The fraction of sp³-hybridized carbons (Fsp3) is 1.00. The summed E-state index contributed by atoms with van der Waals surface area (Å²) in [6.07, 6.45) is -3.14. The van der Waals surface area contributed by atoms with Gasteiger partial charge in [0, 0.05) is 0 Å². The molecule has 0 fully saturated rings. The standard InChI is InChI=1S/C8H16F2O/c1-5(9)7(3)11-8(4)6(2)10/h5-8H,1-4H3. The molecule has 68 valence electrons. The first-order valence-electron chi connectivity index (χ1n) is 3.88. The Kier molecular flexibility index (Phi) is 4.57. The number of hydrogen-bond donors (Lipinski definition) is 0. The van der Waals surface area contributed by atoms with E-state index in [-0.39, 0.29) is 0 Å². The Morgan fingerprint density at radius 2 is 1.09 bits per heavy atom. The van der Waals surface area contributed by atoms with Crippen LogP contribution in [0.1, 0.15) is 27.7 Å². The van der Waals surface area contributed by atoms with Crippen molar-refractivity contribution in [2.24, 2.45) is 0 Å². The lowest BCUT2D eigenvalue weighted by molar-refractivity contribution is -0.0572. The summed E-state index contributed by atoms with van der Waals surface area (Å²) in [5, 5.41) is 0. The van der Waals surface area contributed by atoms with Gasteiger partial charge in [0.05, 0.1) is 12.2 Å². The predicted octanol–water partition coefficient (Wildman–Crippen LogP) is 2.50. The summed E-state index contributed by atoms with van der Waals surface area (Å²) in [7, 11) is 0. The highest BCUT2D eigenvalue weighted by Gasteiger charge is 2.18. The van der Waals surface area contributed by atoms with E-state index >= 15 is 0 Å². The van der Waals surface area contributed by atoms with Crippen molar-refractivity contribution < 1.29 is 13.5 Å². The van der Waals surface area contributed by atoms with Crippen molar-refractivity contribution in [2.75, 3.05) is 0 Å². The number of hydrogen-bond acceptors (Lipinski definition) is 1. The van der Waals surface area contributed by atoms with E-state index in [1.165, 1.54) is 13.8 Å². The zero-order valence-corrected chi connectivity index (χ0v) is 7.47. The van der Waals surface area contributed by atoms with Crippen molar-refractivity contribution in [3.8, 4) is 0 Å². The fourth-order valence-electron chi connectivity index (χ4n) is 0.555. The van der Waals surface area contributed by atoms with Crippen LogP contribution in [-0.2, 0) is 4.74 Å². The summed E-state index contributed by atoms with van der Waals surface area (Å²) < 4.78 is 30.0. The third-order valence-electron chi connectivity index (χ3n) is 1.72. The van der Waals surface area contributed by atoms with Gasteiger partial charge in [-0.2, -0.15) is 0 Å². The molecule has 4 atom stereocenters. The second-order valence-corrected chi connectivity index (χ2v) is 2.90. The van der Waals surface area contributed by atoms with Gasteiger partial charge in [-0.3, -0.25) is 0 Å². The lowest BCUT2D eigenvalue weighted by atomic mass is 10.2. The average Bonchev–Trinajstić information content (AvgIpc) is 1.87. The van der Waals surface area contributed by atoms with Gasteiger partial charge in [0.2, 0.25) is 0 Å². The zero-order valence-electron chi connectivity index (χ0n) is 7.47. The zero-order chi connectivity index (χ0) is 9.02. The Balaban J connectivity index is 3.66. The third kappa shape index (κ3) is 4.30. The van der Waals surface area contributed by atoms with Crippen molar-refractivity contribution in [1.82, 2.24) is 0 Å². The van der Waals surface area contributed by atoms with Crippen LogP contribution in [0.5, 0.6) is 0 Å². The molecule has 0 saturated carbocycles. The van der Waals surface area contributed by atoms with Crippen LogP contribution in [0.4, 0.5) is 8.78 Å². The van der Waals surface area contributed by atoms with E-state index in [0.717, 1.165) is 0 Å². The molecule has 0 rings (SSSR count). The molecule has 0 aliphatic heterocycles. The Morgan fingerprint density at radius 1 is 0.818 bits per heavy atom. The van der Waals surface area contributed by atoms with E-state index in [9.17, 15) is 8.78 Å². The van der Waals surface area contributed by atoms with E-state index in [0.29, 0.717) is 0 Å². The van der Waals surface area contributed by atoms with Crippen molar-refractivity contribution in [2.45, 2.75) is 52.2 Å². The number of rotatable bonds is 4. The first-order chi connectivity index (χ1) is 4.95. The molecule has 0 heterocycles. The maximum absolute atomic E-state index is 12.5. The number of halogens is 2. The van der Waals surface area contributed by atoms with E-state index in [1.54, 1.807) is 13.8 Å². The summed E-state index contributed by atoms with van der Waals surface area (Å²) in [4.78, 5) is 0. The fourth-order valence-corrected chi connectivity index (χ4v) is 0.555. The van der Waals surface area contributed by atoms with Gasteiger partial charge in [0.15, 0.2) is 0 Å². The van der Waals surface area contributed by atoms with Crippen LogP contribution >= 0.6 is 0 Å². The van der Waals surface area contributed by atoms with E-state index in [2.05, 4.69) is 0 Å². The molecule has 0 aromatic rings. The van der Waals surface area contributed by atoms with Crippen molar-refractivity contribution >= 4 is 0 Å².